The van der Waals surface area contributed by atoms with Gasteiger partial charge in [-0.15, -0.1) is 0 Å². The van der Waals surface area contributed by atoms with Gasteiger partial charge in [0.05, 0.1) is 18.9 Å². The predicted molar refractivity (Wildman–Crippen MR) is 75.7 cm³/mol. The van der Waals surface area contributed by atoms with E-state index < -0.39 is 10.0 Å². The van der Waals surface area contributed by atoms with Crippen LogP contribution in [0.4, 0.5) is 5.69 Å². The number of likely N-dealkylation sites (N-methyl/N-ethyl adjacent to an activating group) is 1. The Labute approximate surface area is 114 Å². The summed E-state index contributed by atoms with van der Waals surface area (Å²) in [6, 6.07) is 6.55. The van der Waals surface area contributed by atoms with Gasteiger partial charge in [0.1, 0.15) is 4.90 Å². The minimum atomic E-state index is -3.70. The summed E-state index contributed by atoms with van der Waals surface area (Å²) in [6.07, 6.45) is 0. The highest BCUT2D eigenvalue weighted by molar-refractivity contribution is 7.89. The second-order valence-corrected chi connectivity index (χ2v) is 5.91. The molecule has 1 aromatic carbocycles. The lowest BCUT2D eigenvalue weighted by Crippen LogP contribution is -2.20. The van der Waals surface area contributed by atoms with E-state index in [-0.39, 0.29) is 4.90 Å². The smallest absolute Gasteiger partial charge is 0.240 e. The van der Waals surface area contributed by atoms with E-state index >= 15 is 0 Å². The van der Waals surface area contributed by atoms with Gasteiger partial charge in [-0.2, -0.15) is 0 Å². The third kappa shape index (κ3) is 6.02. The maximum Gasteiger partial charge on any atom is 0.240 e. The molecular formula is C12H21N3O3S. The molecule has 19 heavy (non-hydrogen) atoms. The number of primary sulfonamides is 1. The number of benzene rings is 1. The molecular weight excluding hydrogens is 266 g/mol. The molecule has 0 aromatic heterocycles. The third-order valence-corrected chi connectivity index (χ3v) is 3.41. The van der Waals surface area contributed by atoms with Gasteiger partial charge in [-0.05, 0) is 26.2 Å². The van der Waals surface area contributed by atoms with Crippen LogP contribution in [0.15, 0.2) is 29.2 Å². The first-order chi connectivity index (χ1) is 8.91. The summed E-state index contributed by atoms with van der Waals surface area (Å²) in [4.78, 5) is 2.13. The Balaban J connectivity index is 2.42. The molecule has 0 saturated carbocycles. The first-order valence-electron chi connectivity index (χ1n) is 5.99. The molecule has 1 aromatic rings. The van der Waals surface area contributed by atoms with Crippen LogP contribution in [0.1, 0.15) is 0 Å². The number of anilines is 1. The van der Waals surface area contributed by atoms with Gasteiger partial charge in [0, 0.05) is 13.1 Å². The highest BCUT2D eigenvalue weighted by Gasteiger charge is 2.12. The summed E-state index contributed by atoms with van der Waals surface area (Å²) in [7, 11) is 0.250. The summed E-state index contributed by atoms with van der Waals surface area (Å²) in [5, 5.41) is 8.15. The molecule has 0 amide bonds. The fourth-order valence-electron chi connectivity index (χ4n) is 1.47. The van der Waals surface area contributed by atoms with E-state index in [4.69, 9.17) is 9.88 Å². The molecule has 0 spiro atoms. The molecule has 0 atom stereocenters. The van der Waals surface area contributed by atoms with E-state index in [1.807, 2.05) is 19.0 Å². The molecule has 7 heteroatoms. The second kappa shape index (κ2) is 7.44. The van der Waals surface area contributed by atoms with Crippen molar-refractivity contribution in [2.75, 3.05) is 45.7 Å². The molecule has 0 aliphatic heterocycles. The Morgan fingerprint density at radius 2 is 1.95 bits per heavy atom. The van der Waals surface area contributed by atoms with Gasteiger partial charge in [-0.3, -0.25) is 0 Å². The van der Waals surface area contributed by atoms with Crippen molar-refractivity contribution in [3.05, 3.63) is 24.3 Å². The molecule has 1 rings (SSSR count). The fourth-order valence-corrected chi connectivity index (χ4v) is 2.18. The molecule has 0 aliphatic rings. The largest absolute Gasteiger partial charge is 0.382 e. The van der Waals surface area contributed by atoms with Crippen molar-refractivity contribution < 1.29 is 13.2 Å². The van der Waals surface area contributed by atoms with E-state index in [0.29, 0.717) is 25.4 Å². The number of hydrogen-bond acceptors (Lipinski definition) is 5. The molecule has 0 fully saturated rings. The van der Waals surface area contributed by atoms with E-state index in [0.717, 1.165) is 6.54 Å². The van der Waals surface area contributed by atoms with Crippen LogP contribution in [0.25, 0.3) is 0 Å². The summed E-state index contributed by atoms with van der Waals surface area (Å²) < 4.78 is 28.1. The number of nitrogens with two attached hydrogens (primary N) is 1. The van der Waals surface area contributed by atoms with Crippen molar-refractivity contribution in [2.45, 2.75) is 4.90 Å². The lowest BCUT2D eigenvalue weighted by Gasteiger charge is -2.12. The van der Waals surface area contributed by atoms with E-state index in [2.05, 4.69) is 5.32 Å². The molecule has 6 nitrogen and oxygen atoms in total. The summed E-state index contributed by atoms with van der Waals surface area (Å²) in [5.74, 6) is 0. The molecule has 108 valence electrons. The van der Waals surface area contributed by atoms with Crippen molar-refractivity contribution in [3.63, 3.8) is 0 Å². The summed E-state index contributed by atoms with van der Waals surface area (Å²) in [5.41, 5.74) is 0.501. The van der Waals surface area contributed by atoms with Crippen LogP contribution in [0.3, 0.4) is 0 Å². The lowest BCUT2D eigenvalue weighted by atomic mass is 10.3. The number of rotatable bonds is 8. The van der Waals surface area contributed by atoms with Gasteiger partial charge >= 0.3 is 0 Å². The van der Waals surface area contributed by atoms with Crippen molar-refractivity contribution in [2.24, 2.45) is 5.14 Å². The Morgan fingerprint density at radius 3 is 2.58 bits per heavy atom. The van der Waals surface area contributed by atoms with E-state index in [9.17, 15) is 8.42 Å². The number of sulfonamides is 1. The molecule has 0 aliphatic carbocycles. The normalized spacial score (nSPS) is 11.8. The number of para-hydroxylation sites is 1. The van der Waals surface area contributed by atoms with Crippen molar-refractivity contribution in [1.29, 1.82) is 0 Å². The standard InChI is InChI=1S/C12H21N3O3S/c1-15(2)8-10-18-9-7-14-11-5-3-4-6-12(11)19(13,16)17/h3-6,14H,7-10H2,1-2H3,(H2,13,16,17). The molecule has 0 saturated heterocycles. The molecule has 3 N–H and O–H groups in total. The van der Waals surface area contributed by atoms with Crippen molar-refractivity contribution in [3.8, 4) is 0 Å². The first-order valence-corrected chi connectivity index (χ1v) is 7.54. The quantitative estimate of drug-likeness (QED) is 0.673. The Kier molecular flexibility index (Phi) is 6.23. The molecule has 0 unspecified atom stereocenters. The van der Waals surface area contributed by atoms with Crippen LogP contribution < -0.4 is 10.5 Å². The van der Waals surface area contributed by atoms with Crippen LogP contribution in [0, 0.1) is 0 Å². The highest BCUT2D eigenvalue weighted by Crippen LogP contribution is 2.18. The minimum absolute atomic E-state index is 0.100. The second-order valence-electron chi connectivity index (χ2n) is 4.38. The Hall–Kier alpha value is -1.15. The lowest BCUT2D eigenvalue weighted by molar-refractivity contribution is 0.126. The maximum atomic E-state index is 11.4. The van der Waals surface area contributed by atoms with Crippen molar-refractivity contribution in [1.82, 2.24) is 4.90 Å². The van der Waals surface area contributed by atoms with Crippen molar-refractivity contribution >= 4 is 15.7 Å². The van der Waals surface area contributed by atoms with Gasteiger partial charge in [-0.25, -0.2) is 13.6 Å². The molecule has 0 radical (unpaired) electrons. The zero-order valence-corrected chi connectivity index (χ0v) is 12.1. The van der Waals surface area contributed by atoms with Gasteiger partial charge in [0.15, 0.2) is 0 Å². The van der Waals surface area contributed by atoms with E-state index in [1.165, 1.54) is 6.07 Å². The van der Waals surface area contributed by atoms with Crippen LogP contribution >= 0.6 is 0 Å². The van der Waals surface area contributed by atoms with Gasteiger partial charge in [-0.1, -0.05) is 12.1 Å². The SMILES string of the molecule is CN(C)CCOCCNc1ccccc1S(N)(=O)=O. The van der Waals surface area contributed by atoms with Crippen LogP contribution in [0.2, 0.25) is 0 Å². The fraction of sp³-hybridized carbons (Fsp3) is 0.500. The van der Waals surface area contributed by atoms with Gasteiger partial charge in [0.2, 0.25) is 10.0 Å². The maximum absolute atomic E-state index is 11.4. The number of nitrogens with one attached hydrogen (secondary N) is 1. The molecule has 0 bridgehead atoms. The van der Waals surface area contributed by atoms with Crippen LogP contribution in [-0.2, 0) is 14.8 Å². The number of hydrogen-bond donors (Lipinski definition) is 2. The first kappa shape index (κ1) is 15.9. The zero-order chi connectivity index (χ0) is 14.3. The minimum Gasteiger partial charge on any atom is -0.382 e. The predicted octanol–water partition coefficient (Wildman–Crippen LogP) is 0.324. The third-order valence-electron chi connectivity index (χ3n) is 2.44. The highest BCUT2D eigenvalue weighted by atomic mass is 32.2. The average Bonchev–Trinajstić information content (AvgIpc) is 2.32. The number of nitrogens with zero attached hydrogens (tertiary/aromatic N) is 1. The van der Waals surface area contributed by atoms with Crippen LogP contribution in [0.5, 0.6) is 0 Å². The summed E-state index contributed by atoms with van der Waals surface area (Å²) >= 11 is 0. The van der Waals surface area contributed by atoms with E-state index in [1.54, 1.807) is 18.2 Å². The van der Waals surface area contributed by atoms with Gasteiger partial charge < -0.3 is 15.0 Å². The monoisotopic (exact) mass is 287 g/mol. The zero-order valence-electron chi connectivity index (χ0n) is 11.3. The van der Waals surface area contributed by atoms with Crippen LogP contribution in [-0.4, -0.2) is 53.7 Å². The summed E-state index contributed by atoms with van der Waals surface area (Å²) in [6.45, 7) is 2.53. The average molecular weight is 287 g/mol. The topological polar surface area (TPSA) is 84.7 Å². The Bertz CT molecular complexity index is 489. The Morgan fingerprint density at radius 1 is 1.26 bits per heavy atom. The number of ether oxygens (including phenoxy) is 1. The van der Waals surface area contributed by atoms with Gasteiger partial charge in [0.25, 0.3) is 0 Å². The molecule has 0 heterocycles.